The normalized spacial score (nSPS) is 16.9. The van der Waals surface area contributed by atoms with Crippen molar-refractivity contribution in [2.75, 3.05) is 5.32 Å². The van der Waals surface area contributed by atoms with Gasteiger partial charge in [0.05, 0.1) is 32.0 Å². The van der Waals surface area contributed by atoms with Gasteiger partial charge in [-0.25, -0.2) is 4.21 Å². The number of hydrogen-bond donors (Lipinski definition) is 2. The van der Waals surface area contributed by atoms with E-state index in [9.17, 15) is 17.8 Å². The molecule has 8 heteroatoms. The maximum absolute atomic E-state index is 12.4. The van der Waals surface area contributed by atoms with E-state index in [0.717, 1.165) is 0 Å². The van der Waals surface area contributed by atoms with Crippen LogP contribution in [0.1, 0.15) is 0 Å². The van der Waals surface area contributed by atoms with E-state index in [2.05, 4.69) is 5.32 Å². The Morgan fingerprint density at radius 2 is 1.75 bits per heavy atom. The van der Waals surface area contributed by atoms with Crippen LogP contribution in [0.2, 0.25) is 0 Å². The molecule has 0 bridgehead atoms. The van der Waals surface area contributed by atoms with Gasteiger partial charge in [-0.2, -0.15) is 8.42 Å². The minimum atomic E-state index is -3.95. The number of benzene rings is 2. The highest BCUT2D eigenvalue weighted by atomic mass is 32.2. The smallest absolute Gasteiger partial charge is 0.323 e. The van der Waals surface area contributed by atoms with Crippen LogP contribution in [0.4, 0.5) is 11.4 Å². The van der Waals surface area contributed by atoms with Gasteiger partial charge in [-0.3, -0.25) is 4.89 Å². The van der Waals surface area contributed by atoms with Crippen LogP contribution in [0.25, 0.3) is 0 Å². The van der Waals surface area contributed by atoms with E-state index in [4.69, 9.17) is 0 Å². The van der Waals surface area contributed by atoms with E-state index in [0.29, 0.717) is 21.2 Å². The summed E-state index contributed by atoms with van der Waals surface area (Å²) in [4.78, 5) is 0.928. The predicted molar refractivity (Wildman–Crippen MR) is 73.3 cm³/mol. The minimum absolute atomic E-state index is 0.0948. The van der Waals surface area contributed by atoms with Gasteiger partial charge in [-0.1, -0.05) is 12.1 Å². The number of quaternary nitrogens is 1. The van der Waals surface area contributed by atoms with Gasteiger partial charge in [0.2, 0.25) is 0 Å². The lowest BCUT2D eigenvalue weighted by Crippen LogP contribution is -2.80. The molecule has 1 heterocycles. The van der Waals surface area contributed by atoms with Crippen molar-refractivity contribution in [2.24, 2.45) is 0 Å². The molecule has 2 aromatic carbocycles. The summed E-state index contributed by atoms with van der Waals surface area (Å²) in [6.07, 6.45) is 0. The Hall–Kier alpha value is -1.74. The minimum Gasteiger partial charge on any atom is -0.620 e. The first-order chi connectivity index (χ1) is 9.53. The summed E-state index contributed by atoms with van der Waals surface area (Å²) in [6.45, 7) is 0. The maximum atomic E-state index is 12.4. The number of rotatable bonds is 2. The van der Waals surface area contributed by atoms with Crippen molar-refractivity contribution in [1.82, 2.24) is 0 Å². The summed E-state index contributed by atoms with van der Waals surface area (Å²) in [6, 6.07) is 11.2. The predicted octanol–water partition coefficient (Wildman–Crippen LogP) is 0.660. The summed E-state index contributed by atoms with van der Waals surface area (Å²) in [5.74, 6) is 0. The first-order valence-electron chi connectivity index (χ1n) is 5.65. The number of hydrogen-bond acceptors (Lipinski definition) is 5. The summed E-state index contributed by atoms with van der Waals surface area (Å²) in [5.41, 5.74) is 1.10. The molecule has 0 fully saturated rings. The van der Waals surface area contributed by atoms with E-state index in [-0.39, 0.29) is 9.78 Å². The van der Waals surface area contributed by atoms with Crippen molar-refractivity contribution in [3.63, 3.8) is 0 Å². The molecule has 1 atom stereocenters. The number of nitrogens with one attached hydrogen (secondary N) is 1. The Morgan fingerprint density at radius 1 is 1.05 bits per heavy atom. The lowest BCUT2D eigenvalue weighted by atomic mass is 10.2. The van der Waals surface area contributed by atoms with E-state index in [1.807, 2.05) is 0 Å². The third-order valence-corrected chi connectivity index (χ3v) is 5.64. The average Bonchev–Trinajstić information content (AvgIpc) is 2.47. The molecule has 2 aromatic rings. The van der Waals surface area contributed by atoms with Gasteiger partial charge in [0.25, 0.3) is 0 Å². The lowest BCUT2D eigenvalue weighted by Gasteiger charge is -2.21. The SMILES string of the molecule is O=S1c2ccccc2Nc2cc(S(=O)(=O)[NH2+][O-])ccc21. The largest absolute Gasteiger partial charge is 0.620 e. The van der Waals surface area contributed by atoms with Gasteiger partial charge < -0.3 is 10.5 Å². The van der Waals surface area contributed by atoms with Crippen molar-refractivity contribution in [1.29, 1.82) is 0 Å². The fourth-order valence-electron chi connectivity index (χ4n) is 2.00. The number of nitrogens with two attached hydrogens (primary N) is 1. The Morgan fingerprint density at radius 3 is 2.50 bits per heavy atom. The Labute approximate surface area is 117 Å². The molecule has 20 heavy (non-hydrogen) atoms. The topological polar surface area (TPSA) is 103 Å². The zero-order valence-corrected chi connectivity index (χ0v) is 11.7. The highest BCUT2D eigenvalue weighted by molar-refractivity contribution is 7.85. The van der Waals surface area contributed by atoms with Gasteiger partial charge in [-0.15, -0.1) is 0 Å². The van der Waals surface area contributed by atoms with Crippen LogP contribution in [0.5, 0.6) is 0 Å². The second-order valence-corrected chi connectivity index (χ2v) is 7.36. The van der Waals surface area contributed by atoms with Crippen molar-refractivity contribution in [3.05, 3.63) is 47.7 Å². The van der Waals surface area contributed by atoms with Crippen LogP contribution >= 0.6 is 0 Å². The van der Waals surface area contributed by atoms with Crippen LogP contribution in [-0.2, 0) is 20.8 Å². The molecule has 0 aromatic heterocycles. The zero-order valence-electron chi connectivity index (χ0n) is 10.1. The van der Waals surface area contributed by atoms with Crippen molar-refractivity contribution < 1.29 is 17.5 Å². The van der Waals surface area contributed by atoms with Gasteiger partial charge in [0.1, 0.15) is 4.90 Å². The maximum Gasteiger partial charge on any atom is 0.323 e. The fraction of sp³-hybridized carbons (Fsp3) is 0. The number of anilines is 2. The standard InChI is InChI=1S/C12H10N2O4S2/c15-14-20(17,18)8-5-6-12-10(7-8)13-9-3-1-2-4-11(9)19(12)16/h1-7,13H,14H2. The summed E-state index contributed by atoms with van der Waals surface area (Å²) in [7, 11) is -5.32. The third kappa shape index (κ3) is 2.02. The molecule has 0 saturated heterocycles. The highest BCUT2D eigenvalue weighted by Gasteiger charge is 2.24. The second-order valence-electron chi connectivity index (χ2n) is 4.19. The highest BCUT2D eigenvalue weighted by Crippen LogP contribution is 2.37. The number of primary sulfonamides is 1. The zero-order chi connectivity index (χ0) is 14.3. The quantitative estimate of drug-likeness (QED) is 0.677. The van der Waals surface area contributed by atoms with Gasteiger partial charge >= 0.3 is 10.0 Å². The molecule has 0 saturated carbocycles. The Bertz CT molecular complexity index is 818. The van der Waals surface area contributed by atoms with Crippen LogP contribution in [0, 0.1) is 5.21 Å². The number of fused-ring (bicyclic) bond motifs is 2. The number of para-hydroxylation sites is 1. The van der Waals surface area contributed by atoms with Crippen LogP contribution in [0.15, 0.2) is 57.2 Å². The summed E-state index contributed by atoms with van der Waals surface area (Å²) in [5, 5.41) is 13.6. The number of sulfonamides is 1. The molecule has 3 rings (SSSR count). The molecule has 3 N–H and O–H groups in total. The molecule has 104 valence electrons. The lowest BCUT2D eigenvalue weighted by molar-refractivity contribution is -0.416. The van der Waals surface area contributed by atoms with Crippen LogP contribution < -0.4 is 10.2 Å². The molecular weight excluding hydrogens is 300 g/mol. The first-order valence-corrected chi connectivity index (χ1v) is 8.35. The van der Waals surface area contributed by atoms with Gasteiger partial charge in [-0.05, 0) is 30.3 Å². The molecular formula is C12H10N2O4S2. The van der Waals surface area contributed by atoms with Gasteiger partial charge in [0, 0.05) is 0 Å². The molecule has 6 nitrogen and oxygen atoms in total. The van der Waals surface area contributed by atoms with E-state index < -0.39 is 20.8 Å². The molecule has 1 aliphatic heterocycles. The van der Waals surface area contributed by atoms with E-state index in [1.54, 1.807) is 24.3 Å². The van der Waals surface area contributed by atoms with E-state index >= 15 is 0 Å². The van der Waals surface area contributed by atoms with Gasteiger partial charge in [0.15, 0.2) is 0 Å². The third-order valence-electron chi connectivity index (χ3n) is 2.96. The second kappa shape index (κ2) is 4.67. The molecule has 0 radical (unpaired) electrons. The molecule has 0 aliphatic carbocycles. The van der Waals surface area contributed by atoms with Crippen molar-refractivity contribution in [2.45, 2.75) is 14.7 Å². The molecule has 1 aliphatic rings. The molecule has 1 unspecified atom stereocenters. The van der Waals surface area contributed by atoms with Crippen LogP contribution in [-0.4, -0.2) is 12.6 Å². The van der Waals surface area contributed by atoms with Crippen molar-refractivity contribution in [3.8, 4) is 0 Å². The molecule has 0 amide bonds. The monoisotopic (exact) mass is 310 g/mol. The fourth-order valence-corrected chi connectivity index (χ4v) is 3.91. The molecule has 0 spiro atoms. The van der Waals surface area contributed by atoms with Crippen molar-refractivity contribution >= 4 is 32.2 Å². The Balaban J connectivity index is 2.15. The first kappa shape index (κ1) is 13.3. The Kier molecular flexibility index (Phi) is 3.09. The van der Waals surface area contributed by atoms with Crippen LogP contribution in [0.3, 0.4) is 0 Å². The summed E-state index contributed by atoms with van der Waals surface area (Å²) >= 11 is 0. The average molecular weight is 310 g/mol. The summed E-state index contributed by atoms with van der Waals surface area (Å²) < 4.78 is 35.5. The van der Waals surface area contributed by atoms with E-state index in [1.165, 1.54) is 18.2 Å².